The molecule has 0 spiro atoms. The average molecular weight is 526 g/mol. The molecule has 10 nitrogen and oxygen atoms in total. The monoisotopic (exact) mass is 525 g/mol. The Morgan fingerprint density at radius 2 is 1.61 bits per heavy atom. The molecule has 38 heavy (non-hydrogen) atoms. The maximum atomic E-state index is 13.5. The van der Waals surface area contributed by atoms with Gasteiger partial charge in [0.25, 0.3) is 0 Å². The molecule has 2 aromatic carbocycles. The highest BCUT2D eigenvalue weighted by Crippen LogP contribution is 2.28. The second-order valence-electron chi connectivity index (χ2n) is 8.38. The van der Waals surface area contributed by atoms with Crippen molar-refractivity contribution in [3.63, 3.8) is 0 Å². The smallest absolute Gasteiger partial charge is 0.322 e. The molecule has 0 aliphatic rings. The molecule has 0 aliphatic carbocycles. The lowest BCUT2D eigenvalue weighted by atomic mass is 10.1. The van der Waals surface area contributed by atoms with E-state index < -0.39 is 6.03 Å². The van der Waals surface area contributed by atoms with Crippen LogP contribution in [0.5, 0.6) is 17.2 Å². The first-order valence-corrected chi connectivity index (χ1v) is 12.2. The fraction of sp³-hybridized carbons (Fsp3) is 0.357. The van der Waals surface area contributed by atoms with E-state index in [1.807, 2.05) is 30.3 Å². The summed E-state index contributed by atoms with van der Waals surface area (Å²) in [5, 5.41) is 2.83. The van der Waals surface area contributed by atoms with E-state index in [0.29, 0.717) is 41.7 Å². The molecule has 0 saturated carbocycles. The average Bonchev–Trinajstić information content (AvgIpc) is 3.46. The third-order valence-corrected chi connectivity index (χ3v) is 5.93. The van der Waals surface area contributed by atoms with Crippen molar-refractivity contribution in [2.45, 2.75) is 13.0 Å². The quantitative estimate of drug-likeness (QED) is 0.339. The minimum atomic E-state index is -0.433. The number of benzene rings is 2. The molecule has 3 rings (SSSR count). The number of urea groups is 1. The van der Waals surface area contributed by atoms with Crippen LogP contribution in [0.25, 0.3) is 0 Å². The van der Waals surface area contributed by atoms with E-state index in [1.165, 1.54) is 12.0 Å². The third-order valence-electron chi connectivity index (χ3n) is 5.93. The van der Waals surface area contributed by atoms with Gasteiger partial charge in [0.15, 0.2) is 11.5 Å². The maximum Gasteiger partial charge on any atom is 0.322 e. The number of rotatable bonds is 14. The van der Waals surface area contributed by atoms with Crippen LogP contribution in [0.4, 0.5) is 10.5 Å². The molecule has 3 amide bonds. The summed E-state index contributed by atoms with van der Waals surface area (Å²) in [7, 11) is 6.24. The Morgan fingerprint density at radius 1 is 0.842 bits per heavy atom. The summed E-state index contributed by atoms with van der Waals surface area (Å²) in [6, 6.07) is 15.9. The fourth-order valence-corrected chi connectivity index (χ4v) is 3.84. The van der Waals surface area contributed by atoms with Crippen LogP contribution < -0.4 is 19.5 Å². The van der Waals surface area contributed by atoms with Crippen LogP contribution >= 0.6 is 0 Å². The van der Waals surface area contributed by atoms with Crippen LogP contribution in [0.15, 0.2) is 65.3 Å². The second kappa shape index (κ2) is 14.5. The minimum absolute atomic E-state index is 0.142. The predicted molar refractivity (Wildman–Crippen MR) is 143 cm³/mol. The zero-order chi connectivity index (χ0) is 27.3. The van der Waals surface area contributed by atoms with Crippen LogP contribution in [-0.2, 0) is 22.5 Å². The molecule has 204 valence electrons. The van der Waals surface area contributed by atoms with Gasteiger partial charge >= 0.3 is 6.03 Å². The molecule has 1 N–H and O–H groups in total. The van der Waals surface area contributed by atoms with Gasteiger partial charge in [-0.2, -0.15) is 0 Å². The SMILES string of the molecule is COCCN(CC(=O)N(CCc1ccc(OC)c(OC)c1)Cc1ccco1)C(=O)Nc1ccccc1OC. The van der Waals surface area contributed by atoms with Gasteiger partial charge in [0.05, 0.1) is 46.4 Å². The fourth-order valence-electron chi connectivity index (χ4n) is 3.84. The van der Waals surface area contributed by atoms with Crippen molar-refractivity contribution in [2.75, 3.05) is 60.0 Å². The number of nitrogens with one attached hydrogen (secondary N) is 1. The first-order valence-electron chi connectivity index (χ1n) is 12.2. The van der Waals surface area contributed by atoms with Crippen molar-refractivity contribution in [2.24, 2.45) is 0 Å². The summed E-state index contributed by atoms with van der Waals surface area (Å²) in [4.78, 5) is 29.8. The van der Waals surface area contributed by atoms with Crippen molar-refractivity contribution in [1.29, 1.82) is 0 Å². The summed E-state index contributed by atoms with van der Waals surface area (Å²) in [6.45, 7) is 1.04. The van der Waals surface area contributed by atoms with E-state index in [-0.39, 0.29) is 32.1 Å². The number of para-hydroxylation sites is 2. The normalized spacial score (nSPS) is 10.5. The van der Waals surface area contributed by atoms with Gasteiger partial charge in [0, 0.05) is 20.2 Å². The molecule has 1 heterocycles. The van der Waals surface area contributed by atoms with Gasteiger partial charge in [0.1, 0.15) is 18.1 Å². The zero-order valence-electron chi connectivity index (χ0n) is 22.3. The highest BCUT2D eigenvalue weighted by atomic mass is 16.5. The first-order chi connectivity index (χ1) is 18.5. The minimum Gasteiger partial charge on any atom is -0.495 e. The molecular weight excluding hydrogens is 490 g/mol. The first kappa shape index (κ1) is 28.4. The van der Waals surface area contributed by atoms with Crippen LogP contribution in [-0.4, -0.2) is 76.4 Å². The summed E-state index contributed by atoms with van der Waals surface area (Å²) in [5.74, 6) is 2.19. The maximum absolute atomic E-state index is 13.5. The number of carbonyl (C=O) groups is 2. The van der Waals surface area contributed by atoms with Gasteiger partial charge in [-0.3, -0.25) is 4.79 Å². The molecule has 0 bridgehead atoms. The number of hydrogen-bond donors (Lipinski definition) is 1. The number of methoxy groups -OCH3 is 4. The van der Waals surface area contributed by atoms with E-state index in [0.717, 1.165) is 5.56 Å². The van der Waals surface area contributed by atoms with E-state index in [1.54, 1.807) is 56.8 Å². The summed E-state index contributed by atoms with van der Waals surface area (Å²) in [5.41, 5.74) is 1.49. The number of hydrogen-bond acceptors (Lipinski definition) is 7. The molecule has 1 aromatic heterocycles. The van der Waals surface area contributed by atoms with Crippen molar-refractivity contribution in [3.05, 3.63) is 72.2 Å². The van der Waals surface area contributed by atoms with Crippen LogP contribution in [0.3, 0.4) is 0 Å². The Labute approximate surface area is 223 Å². The highest BCUT2D eigenvalue weighted by Gasteiger charge is 2.23. The Kier molecular flexibility index (Phi) is 10.9. The van der Waals surface area contributed by atoms with Crippen molar-refractivity contribution in [1.82, 2.24) is 9.80 Å². The van der Waals surface area contributed by atoms with Gasteiger partial charge in [-0.25, -0.2) is 4.79 Å². The standard InChI is InChI=1S/C28H35N3O7/c1-34-17-15-31(28(33)29-23-9-5-6-10-24(23)35-2)20-27(32)30(19-22-8-7-16-38-22)14-13-21-11-12-25(36-3)26(18-21)37-4/h5-12,16,18H,13-15,17,19-20H2,1-4H3,(H,29,33). The van der Waals surface area contributed by atoms with Crippen LogP contribution in [0.1, 0.15) is 11.3 Å². The number of furan rings is 1. The van der Waals surface area contributed by atoms with Gasteiger partial charge in [0.2, 0.25) is 5.91 Å². The number of amides is 3. The van der Waals surface area contributed by atoms with Gasteiger partial charge in [-0.05, 0) is 48.4 Å². The van der Waals surface area contributed by atoms with Crippen LogP contribution in [0, 0.1) is 0 Å². The van der Waals surface area contributed by atoms with Crippen molar-refractivity contribution in [3.8, 4) is 17.2 Å². The Bertz CT molecular complexity index is 1170. The molecular formula is C28H35N3O7. The number of anilines is 1. The predicted octanol–water partition coefficient (Wildman–Crippen LogP) is 4.06. The number of ether oxygens (including phenoxy) is 4. The summed E-state index contributed by atoms with van der Waals surface area (Å²) < 4.78 is 26.7. The molecule has 0 aliphatic heterocycles. The second-order valence-corrected chi connectivity index (χ2v) is 8.38. The Hall–Kier alpha value is -4.18. The lowest BCUT2D eigenvalue weighted by Gasteiger charge is -2.27. The van der Waals surface area contributed by atoms with E-state index in [2.05, 4.69) is 5.32 Å². The number of carbonyl (C=O) groups excluding carboxylic acids is 2. The highest BCUT2D eigenvalue weighted by molar-refractivity contribution is 5.93. The topological polar surface area (TPSA) is 103 Å². The molecule has 0 saturated heterocycles. The van der Waals surface area contributed by atoms with Crippen molar-refractivity contribution < 1.29 is 33.0 Å². The molecule has 0 radical (unpaired) electrons. The van der Waals surface area contributed by atoms with E-state index in [9.17, 15) is 9.59 Å². The zero-order valence-corrected chi connectivity index (χ0v) is 22.3. The van der Waals surface area contributed by atoms with Gasteiger partial charge in [-0.1, -0.05) is 18.2 Å². The Morgan fingerprint density at radius 3 is 2.29 bits per heavy atom. The van der Waals surface area contributed by atoms with Gasteiger partial charge in [-0.15, -0.1) is 0 Å². The molecule has 0 unspecified atom stereocenters. The van der Waals surface area contributed by atoms with Crippen molar-refractivity contribution >= 4 is 17.6 Å². The largest absolute Gasteiger partial charge is 0.495 e. The molecule has 3 aromatic rings. The summed E-state index contributed by atoms with van der Waals surface area (Å²) in [6.07, 6.45) is 2.14. The molecule has 10 heteroatoms. The third kappa shape index (κ3) is 7.91. The molecule has 0 atom stereocenters. The van der Waals surface area contributed by atoms with E-state index in [4.69, 9.17) is 23.4 Å². The Balaban J connectivity index is 1.75. The number of nitrogens with zero attached hydrogens (tertiary/aromatic N) is 2. The van der Waals surface area contributed by atoms with Gasteiger partial charge < -0.3 is 38.5 Å². The van der Waals surface area contributed by atoms with E-state index >= 15 is 0 Å². The lowest BCUT2D eigenvalue weighted by Crippen LogP contribution is -2.46. The lowest BCUT2D eigenvalue weighted by molar-refractivity contribution is -0.132. The van der Waals surface area contributed by atoms with Crippen LogP contribution in [0.2, 0.25) is 0 Å². The summed E-state index contributed by atoms with van der Waals surface area (Å²) >= 11 is 0. The molecule has 0 fully saturated rings.